The van der Waals surface area contributed by atoms with Crippen molar-refractivity contribution in [2.75, 3.05) is 19.0 Å². The zero-order valence-electron chi connectivity index (χ0n) is 18.0. The maximum atomic E-state index is 13.8. The number of aliphatic hydroxyl groups excluding tert-OH is 1. The summed E-state index contributed by atoms with van der Waals surface area (Å²) in [6, 6.07) is 4.03. The van der Waals surface area contributed by atoms with E-state index in [1.54, 1.807) is 31.8 Å². The molecule has 3 saturated heterocycles. The third-order valence-corrected chi connectivity index (χ3v) is 9.58. The van der Waals surface area contributed by atoms with Crippen LogP contribution in [0.15, 0.2) is 18.2 Å². The molecule has 0 aromatic heterocycles. The van der Waals surface area contributed by atoms with Crippen molar-refractivity contribution in [2.45, 2.75) is 49.3 Å². The average molecular weight is 466 g/mol. The Bertz CT molecular complexity index is 923. The van der Waals surface area contributed by atoms with Crippen LogP contribution in [0.1, 0.15) is 25.8 Å². The lowest BCUT2D eigenvalue weighted by Gasteiger charge is -2.39. The fourth-order valence-electron chi connectivity index (χ4n) is 5.77. The molecule has 168 valence electrons. The van der Waals surface area contributed by atoms with Gasteiger partial charge in [0.2, 0.25) is 17.7 Å². The summed E-state index contributed by atoms with van der Waals surface area (Å²) >= 11 is 7.94. The Hall–Kier alpha value is -1.77. The van der Waals surface area contributed by atoms with Crippen LogP contribution in [0.4, 0.5) is 5.69 Å². The highest BCUT2D eigenvalue weighted by atomic mass is 35.5. The number of nitrogens with one attached hydrogen (secondary N) is 2. The molecule has 3 N–H and O–H groups in total. The van der Waals surface area contributed by atoms with Crippen molar-refractivity contribution in [3.63, 3.8) is 0 Å². The molecule has 1 aromatic rings. The molecule has 7 nitrogen and oxygen atoms in total. The maximum Gasteiger partial charge on any atom is 0.248 e. The number of likely N-dealkylation sites (tertiary alicyclic amines) is 1. The number of rotatable bonds is 5. The number of hydrogen-bond acceptors (Lipinski definition) is 5. The first-order valence-corrected chi connectivity index (χ1v) is 11.8. The summed E-state index contributed by atoms with van der Waals surface area (Å²) < 4.78 is -0.721. The lowest BCUT2D eigenvalue weighted by molar-refractivity contribution is -0.141. The zero-order valence-corrected chi connectivity index (χ0v) is 19.6. The SMILES string of the molecule is CNC(=O)[C@@H]1[C@H]2C(=O)N([C@H](C)CO)C(C(=O)Nc3c(C)cccc3Cl)C23S[C@@H]1CC3C. The Labute approximate surface area is 191 Å². The lowest BCUT2D eigenvalue weighted by atomic mass is 9.66. The van der Waals surface area contributed by atoms with Gasteiger partial charge >= 0.3 is 0 Å². The summed E-state index contributed by atoms with van der Waals surface area (Å²) in [6.07, 6.45) is 0.767. The van der Waals surface area contributed by atoms with Crippen LogP contribution in [-0.4, -0.2) is 63.5 Å². The minimum Gasteiger partial charge on any atom is -0.394 e. The Morgan fingerprint density at radius 1 is 1.39 bits per heavy atom. The number of benzene rings is 1. The summed E-state index contributed by atoms with van der Waals surface area (Å²) in [6.45, 7) is 5.38. The van der Waals surface area contributed by atoms with Crippen molar-refractivity contribution in [3.8, 4) is 0 Å². The molecule has 1 spiro atoms. The van der Waals surface area contributed by atoms with Gasteiger partial charge in [-0.3, -0.25) is 14.4 Å². The van der Waals surface area contributed by atoms with Crippen molar-refractivity contribution in [1.29, 1.82) is 0 Å². The highest BCUT2D eigenvalue weighted by Crippen LogP contribution is 2.68. The van der Waals surface area contributed by atoms with Crippen LogP contribution >= 0.6 is 23.4 Å². The van der Waals surface area contributed by atoms with Gasteiger partial charge in [-0.05, 0) is 37.8 Å². The largest absolute Gasteiger partial charge is 0.394 e. The average Bonchev–Trinajstić information content (AvgIpc) is 3.33. The van der Waals surface area contributed by atoms with Crippen LogP contribution < -0.4 is 10.6 Å². The van der Waals surface area contributed by atoms with Crippen LogP contribution in [0.2, 0.25) is 5.02 Å². The van der Waals surface area contributed by atoms with E-state index in [9.17, 15) is 19.5 Å². The summed E-state index contributed by atoms with van der Waals surface area (Å²) in [5.41, 5.74) is 1.34. The fraction of sp³-hybridized carbons (Fsp3) is 0.591. The van der Waals surface area contributed by atoms with E-state index in [-0.39, 0.29) is 35.5 Å². The maximum absolute atomic E-state index is 13.8. The molecule has 7 atom stereocenters. The Morgan fingerprint density at radius 3 is 2.71 bits per heavy atom. The van der Waals surface area contributed by atoms with Crippen LogP contribution in [-0.2, 0) is 14.4 Å². The molecule has 1 aromatic carbocycles. The molecule has 3 unspecified atom stereocenters. The quantitative estimate of drug-likeness (QED) is 0.618. The first-order valence-electron chi connectivity index (χ1n) is 10.6. The van der Waals surface area contributed by atoms with E-state index >= 15 is 0 Å². The molecule has 31 heavy (non-hydrogen) atoms. The number of thioether (sulfide) groups is 1. The topological polar surface area (TPSA) is 98.7 Å². The molecule has 3 aliphatic heterocycles. The van der Waals surface area contributed by atoms with E-state index in [0.717, 1.165) is 12.0 Å². The minimum atomic E-state index is -0.803. The molecule has 0 aliphatic carbocycles. The van der Waals surface area contributed by atoms with Gasteiger partial charge in [-0.1, -0.05) is 30.7 Å². The summed E-state index contributed by atoms with van der Waals surface area (Å²) in [4.78, 5) is 41.7. The monoisotopic (exact) mass is 465 g/mol. The van der Waals surface area contributed by atoms with E-state index in [1.165, 1.54) is 4.90 Å². The van der Waals surface area contributed by atoms with Gasteiger partial charge in [0.05, 0.1) is 39.9 Å². The first kappa shape index (κ1) is 22.4. The Morgan fingerprint density at radius 2 is 2.10 bits per heavy atom. The Balaban J connectivity index is 1.80. The molecule has 2 bridgehead atoms. The van der Waals surface area contributed by atoms with E-state index in [0.29, 0.717) is 10.7 Å². The number of para-hydroxylation sites is 1. The van der Waals surface area contributed by atoms with Gasteiger partial charge in [0.25, 0.3) is 0 Å². The summed E-state index contributed by atoms with van der Waals surface area (Å²) in [5.74, 6) is -1.73. The van der Waals surface area contributed by atoms with Gasteiger partial charge in [-0.25, -0.2) is 0 Å². The molecule has 9 heteroatoms. The number of nitrogens with zero attached hydrogens (tertiary/aromatic N) is 1. The molecule has 0 radical (unpaired) electrons. The van der Waals surface area contributed by atoms with Crippen molar-refractivity contribution < 1.29 is 19.5 Å². The predicted octanol–water partition coefficient (Wildman–Crippen LogP) is 2.05. The Kier molecular flexibility index (Phi) is 5.77. The second kappa shape index (κ2) is 7.98. The molecular formula is C22H28ClN3O4S. The van der Waals surface area contributed by atoms with E-state index < -0.39 is 28.7 Å². The van der Waals surface area contributed by atoms with Gasteiger partial charge < -0.3 is 20.6 Å². The standard InChI is InChI=1S/C22H28ClN3O4S/c1-10-6-5-7-13(23)17(10)25-20(29)18-22-11(2)8-14(31-22)15(19(28)24-4)16(22)21(30)26(18)12(3)9-27/h5-7,11-12,14-16,18,27H,8-9H2,1-4H3,(H,24,28)(H,25,29)/t11?,12-,14-,15+,16+,18?,22?/m1/s1. The predicted molar refractivity (Wildman–Crippen MR) is 121 cm³/mol. The molecule has 3 aliphatic rings. The normalized spacial score (nSPS) is 34.6. The molecule has 3 fully saturated rings. The number of fused-ring (bicyclic) bond motifs is 1. The fourth-order valence-corrected chi connectivity index (χ4v) is 8.45. The number of carbonyl (C=O) groups excluding carboxylic acids is 3. The zero-order chi connectivity index (χ0) is 22.7. The van der Waals surface area contributed by atoms with Gasteiger partial charge in [-0.2, -0.15) is 0 Å². The first-order chi connectivity index (χ1) is 14.7. The molecule has 3 heterocycles. The molecule has 0 saturated carbocycles. The van der Waals surface area contributed by atoms with Crippen LogP contribution in [0.25, 0.3) is 0 Å². The van der Waals surface area contributed by atoms with Gasteiger partial charge in [0, 0.05) is 12.3 Å². The highest BCUT2D eigenvalue weighted by Gasteiger charge is 2.76. The number of halogens is 1. The number of hydrogen-bond donors (Lipinski definition) is 3. The number of aryl methyl sites for hydroxylation is 1. The van der Waals surface area contributed by atoms with E-state index in [2.05, 4.69) is 17.6 Å². The van der Waals surface area contributed by atoms with Crippen molar-refractivity contribution in [1.82, 2.24) is 10.2 Å². The smallest absolute Gasteiger partial charge is 0.248 e. The molecular weight excluding hydrogens is 438 g/mol. The van der Waals surface area contributed by atoms with E-state index in [4.69, 9.17) is 11.6 Å². The lowest BCUT2D eigenvalue weighted by Crippen LogP contribution is -2.56. The summed E-state index contributed by atoms with van der Waals surface area (Å²) in [7, 11) is 1.58. The van der Waals surface area contributed by atoms with Crippen LogP contribution in [0.5, 0.6) is 0 Å². The molecule has 4 rings (SSSR count). The third kappa shape index (κ3) is 3.09. The third-order valence-electron chi connectivity index (χ3n) is 7.19. The minimum absolute atomic E-state index is 0.00664. The second-order valence-electron chi connectivity index (χ2n) is 8.86. The number of carbonyl (C=O) groups is 3. The van der Waals surface area contributed by atoms with Gasteiger partial charge in [-0.15, -0.1) is 11.8 Å². The van der Waals surface area contributed by atoms with Gasteiger partial charge in [0.15, 0.2) is 0 Å². The number of amides is 3. The van der Waals surface area contributed by atoms with Crippen molar-refractivity contribution >= 4 is 46.8 Å². The van der Waals surface area contributed by atoms with Gasteiger partial charge in [0.1, 0.15) is 6.04 Å². The van der Waals surface area contributed by atoms with Crippen LogP contribution in [0.3, 0.4) is 0 Å². The van der Waals surface area contributed by atoms with Crippen molar-refractivity contribution in [2.24, 2.45) is 17.8 Å². The number of aliphatic hydroxyl groups is 1. The van der Waals surface area contributed by atoms with E-state index in [1.807, 2.05) is 19.1 Å². The van der Waals surface area contributed by atoms with Crippen LogP contribution in [0, 0.1) is 24.7 Å². The summed E-state index contributed by atoms with van der Waals surface area (Å²) in [5, 5.41) is 16.0. The van der Waals surface area contributed by atoms with Crippen molar-refractivity contribution in [3.05, 3.63) is 28.8 Å². The highest BCUT2D eigenvalue weighted by molar-refractivity contribution is 8.02. The number of anilines is 1. The second-order valence-corrected chi connectivity index (χ2v) is 10.8. The molecule has 3 amide bonds.